The molecule has 1 aliphatic heterocycles. The number of furan rings is 1. The van der Waals surface area contributed by atoms with Gasteiger partial charge in [-0.2, -0.15) is 0 Å². The summed E-state index contributed by atoms with van der Waals surface area (Å²) in [6.45, 7) is 2.10. The average molecular weight is 702 g/mol. The van der Waals surface area contributed by atoms with Gasteiger partial charge in [0.1, 0.15) is 34.4 Å². The lowest BCUT2D eigenvalue weighted by Gasteiger charge is -2.30. The number of hydrogen-bond donors (Lipinski definition) is 2. The molecule has 258 valence electrons. The van der Waals surface area contributed by atoms with Gasteiger partial charge < -0.3 is 24.7 Å². The number of carbonyl (C=O) groups is 2. The van der Waals surface area contributed by atoms with Crippen molar-refractivity contribution in [2.45, 2.75) is 13.2 Å². The molecule has 5 aromatic rings. The van der Waals surface area contributed by atoms with Gasteiger partial charge in [0.05, 0.1) is 23.2 Å². The minimum Gasteiger partial charge on any atom is -0.459 e. The Kier molecular flexibility index (Phi) is 9.06. The summed E-state index contributed by atoms with van der Waals surface area (Å²) in [6, 6.07) is 16.2. The van der Waals surface area contributed by atoms with Gasteiger partial charge in [-0.1, -0.05) is 6.07 Å². The number of anilines is 2. The largest absolute Gasteiger partial charge is 0.459 e. The number of rotatable bonds is 7. The van der Waals surface area contributed by atoms with Gasteiger partial charge in [0, 0.05) is 61.5 Å². The number of nitrogens with zero attached hydrogens (tertiary/aromatic N) is 3. The van der Waals surface area contributed by atoms with E-state index in [9.17, 15) is 22.4 Å². The first kappa shape index (κ1) is 34.1. The lowest BCUT2D eigenvalue weighted by molar-refractivity contribution is -0.127. The zero-order valence-corrected chi connectivity index (χ0v) is 28.6. The van der Waals surface area contributed by atoms with Crippen LogP contribution in [0, 0.1) is 11.6 Å². The second-order valence-corrected chi connectivity index (χ2v) is 13.6. The normalized spacial score (nSPS) is 14.8. The Bertz CT molecular complexity index is 2290. The van der Waals surface area contributed by atoms with Crippen LogP contribution < -0.4 is 24.6 Å². The fraction of sp³-hybridized carbons (Fsp3) is 0.194. The van der Waals surface area contributed by atoms with Crippen molar-refractivity contribution in [3.05, 3.63) is 95.2 Å². The molecule has 3 aromatic carbocycles. The highest BCUT2D eigenvalue weighted by molar-refractivity contribution is 7.92. The summed E-state index contributed by atoms with van der Waals surface area (Å²) in [5.74, 6) is -1.58. The van der Waals surface area contributed by atoms with Crippen LogP contribution in [0.3, 0.4) is 0 Å². The number of hydrogen-bond acceptors (Lipinski definition) is 8. The summed E-state index contributed by atoms with van der Waals surface area (Å²) in [6.07, 6.45) is 2.92. The Hall–Kier alpha value is -5.76. The number of aromatic nitrogens is 1. The second kappa shape index (κ2) is 13.3. The number of fused-ring (bicyclic) bond motifs is 3. The molecule has 3 heterocycles. The monoisotopic (exact) mass is 701 g/mol. The third-order valence-corrected chi connectivity index (χ3v) is 9.54. The van der Waals surface area contributed by atoms with Crippen LogP contribution in [0.1, 0.15) is 28.5 Å². The van der Waals surface area contributed by atoms with Crippen LogP contribution in [-0.4, -0.2) is 65.4 Å². The highest BCUT2D eigenvalue weighted by Crippen LogP contribution is 2.42. The van der Waals surface area contributed by atoms with Crippen LogP contribution in [0.5, 0.6) is 5.75 Å². The van der Waals surface area contributed by atoms with E-state index >= 15 is 4.39 Å². The van der Waals surface area contributed by atoms with Crippen molar-refractivity contribution in [1.29, 1.82) is 0 Å². The molecule has 11 nitrogen and oxygen atoms in total. The number of nitrogens with one attached hydrogen (secondary N) is 2. The third kappa shape index (κ3) is 6.25. The number of likely N-dealkylation sites (N-methyl/N-ethyl adjacent to an activating group) is 2. The summed E-state index contributed by atoms with van der Waals surface area (Å²) < 4.78 is 68.2. The minimum atomic E-state index is -3.82. The molecule has 14 heteroatoms. The summed E-state index contributed by atoms with van der Waals surface area (Å²) in [7, 11) is 0.629. The molecule has 0 saturated carbocycles. The summed E-state index contributed by atoms with van der Waals surface area (Å²) in [4.78, 5) is 32.9. The molecular weight excluding hydrogens is 668 g/mol. The fourth-order valence-corrected chi connectivity index (χ4v) is 6.25. The zero-order valence-electron chi connectivity index (χ0n) is 27.7. The van der Waals surface area contributed by atoms with Crippen molar-refractivity contribution in [3.63, 3.8) is 0 Å². The number of benzene rings is 3. The number of carbonyl (C=O) groups excluding carboxylic acids is 2. The Labute approximate surface area is 287 Å². The molecule has 1 unspecified atom stereocenters. The van der Waals surface area contributed by atoms with Gasteiger partial charge in [-0.15, -0.1) is 0 Å². The molecule has 1 atom stereocenters. The highest BCUT2D eigenvalue weighted by atomic mass is 32.2. The van der Waals surface area contributed by atoms with Crippen molar-refractivity contribution in [2.24, 2.45) is 0 Å². The quantitative estimate of drug-likeness (QED) is 0.222. The molecule has 0 fully saturated rings. The predicted molar refractivity (Wildman–Crippen MR) is 188 cm³/mol. The Morgan fingerprint density at radius 2 is 1.78 bits per heavy atom. The Balaban J connectivity index is 1.60. The zero-order chi connectivity index (χ0) is 35.9. The summed E-state index contributed by atoms with van der Waals surface area (Å²) in [5, 5.41) is 5.71. The number of ether oxygens (including phenoxy) is 1. The van der Waals surface area contributed by atoms with Crippen LogP contribution in [0.15, 0.2) is 71.1 Å². The lowest BCUT2D eigenvalue weighted by atomic mass is 10.0. The predicted octanol–water partition coefficient (Wildman–Crippen LogP) is 5.66. The fourth-order valence-electron chi connectivity index (χ4n) is 5.74. The first-order valence-electron chi connectivity index (χ1n) is 15.5. The van der Waals surface area contributed by atoms with E-state index in [2.05, 4.69) is 10.6 Å². The molecule has 50 heavy (non-hydrogen) atoms. The first-order chi connectivity index (χ1) is 23.8. The van der Waals surface area contributed by atoms with E-state index in [0.717, 1.165) is 10.6 Å². The van der Waals surface area contributed by atoms with E-state index in [1.165, 1.54) is 67.5 Å². The molecule has 2 amide bonds. The molecule has 2 N–H and O–H groups in total. The van der Waals surface area contributed by atoms with Crippen LogP contribution in [0.25, 0.3) is 45.7 Å². The van der Waals surface area contributed by atoms with Crippen molar-refractivity contribution < 1.29 is 35.9 Å². The van der Waals surface area contributed by atoms with E-state index in [1.54, 1.807) is 44.3 Å². The highest BCUT2D eigenvalue weighted by Gasteiger charge is 2.30. The van der Waals surface area contributed by atoms with E-state index < -0.39 is 39.7 Å². The van der Waals surface area contributed by atoms with Crippen LogP contribution in [0.2, 0.25) is 0 Å². The molecule has 2 aromatic heterocycles. The summed E-state index contributed by atoms with van der Waals surface area (Å²) in [5.41, 5.74) is 2.37. The van der Waals surface area contributed by atoms with Gasteiger partial charge >= 0.3 is 0 Å². The van der Waals surface area contributed by atoms with Crippen LogP contribution >= 0.6 is 0 Å². The molecule has 1 aliphatic rings. The molecule has 0 radical (unpaired) electrons. The maximum absolute atomic E-state index is 15.2. The molecular formula is C36H33F2N5O6S. The summed E-state index contributed by atoms with van der Waals surface area (Å²) >= 11 is 0. The SMILES string of the molecule is CCNC(=O)C1Oc2ccc(-c3cc4c(C(=O)NC)c(-c5ccc(F)cc5)oc4cc3N(C)S(C)(=O)=O)nc2/C=C/c2c(F)cccc2N1C. The topological polar surface area (TPSA) is 134 Å². The number of amides is 2. The molecule has 0 bridgehead atoms. The van der Waals surface area contributed by atoms with Gasteiger partial charge in [-0.3, -0.25) is 13.9 Å². The molecule has 6 rings (SSSR count). The second-order valence-electron chi connectivity index (χ2n) is 11.5. The smallest absolute Gasteiger partial charge is 0.282 e. The third-order valence-electron chi connectivity index (χ3n) is 8.35. The van der Waals surface area contributed by atoms with Crippen molar-refractivity contribution in [1.82, 2.24) is 15.6 Å². The van der Waals surface area contributed by atoms with Crippen molar-refractivity contribution in [2.75, 3.05) is 43.1 Å². The van der Waals surface area contributed by atoms with Crippen molar-refractivity contribution in [3.8, 4) is 28.3 Å². The molecule has 0 aliphatic carbocycles. The number of pyridine rings is 1. The van der Waals surface area contributed by atoms with Gasteiger partial charge in [-0.05, 0) is 73.7 Å². The van der Waals surface area contributed by atoms with Gasteiger partial charge in [0.15, 0.2) is 0 Å². The molecule has 0 saturated heterocycles. The van der Waals surface area contributed by atoms with Gasteiger partial charge in [-0.25, -0.2) is 22.2 Å². The Morgan fingerprint density at radius 1 is 1.04 bits per heavy atom. The lowest BCUT2D eigenvalue weighted by Crippen LogP contribution is -2.49. The first-order valence-corrected chi connectivity index (χ1v) is 17.3. The van der Waals surface area contributed by atoms with Gasteiger partial charge in [0.2, 0.25) is 10.0 Å². The van der Waals surface area contributed by atoms with E-state index in [0.29, 0.717) is 28.7 Å². The number of halogens is 2. The van der Waals surface area contributed by atoms with E-state index in [-0.39, 0.29) is 45.3 Å². The van der Waals surface area contributed by atoms with E-state index in [1.807, 2.05) is 0 Å². The maximum Gasteiger partial charge on any atom is 0.282 e. The standard InChI is InChI=1S/C36H33F2N5O6S/c1-6-40-35(45)36-42(3)28-9-7-8-25(38)22(28)14-15-27-30(49-36)17-16-26(41-27)23-18-24-31(19-29(23)43(4)50(5,46)47)48-33(32(24)34(44)39-2)20-10-12-21(37)13-11-20/h7-19,36H,6H2,1-5H3,(H,39,44)(H,40,45)/b15-14+. The maximum atomic E-state index is 15.2. The Morgan fingerprint density at radius 3 is 2.46 bits per heavy atom. The average Bonchev–Trinajstić information content (AvgIpc) is 3.48. The minimum absolute atomic E-state index is 0.148. The van der Waals surface area contributed by atoms with Crippen LogP contribution in [0.4, 0.5) is 20.2 Å². The van der Waals surface area contributed by atoms with Crippen LogP contribution in [-0.2, 0) is 14.8 Å². The molecule has 0 spiro atoms. The van der Waals surface area contributed by atoms with Crippen molar-refractivity contribution >= 4 is 56.3 Å². The van der Waals surface area contributed by atoms with Gasteiger partial charge in [0.25, 0.3) is 18.0 Å². The van der Waals surface area contributed by atoms with E-state index in [4.69, 9.17) is 14.1 Å². The number of sulfonamides is 1.